The zero-order chi connectivity index (χ0) is 16.4. The minimum absolute atomic E-state index is 0. The number of carbonyl (C=O) groups is 1. The summed E-state index contributed by atoms with van der Waals surface area (Å²) in [5.41, 5.74) is 3.61. The number of aryl methyl sites for hydroxylation is 1. The van der Waals surface area contributed by atoms with Crippen molar-refractivity contribution in [2.45, 2.75) is 19.3 Å². The molecule has 118 valence electrons. The molecule has 3 nitrogen and oxygen atoms in total. The number of carboxylic acid groups (broad SMARTS) is 1. The van der Waals surface area contributed by atoms with Crippen molar-refractivity contribution in [2.24, 2.45) is 0 Å². The number of aromatic nitrogens is 1. The first-order valence-electron chi connectivity index (χ1n) is 7.30. The topological polar surface area (TPSA) is 55.9 Å². The van der Waals surface area contributed by atoms with Crippen LogP contribution in [0, 0.1) is 5.82 Å². The fourth-order valence-electron chi connectivity index (χ4n) is 2.75. The van der Waals surface area contributed by atoms with Gasteiger partial charge in [0.25, 0.3) is 0 Å². The Morgan fingerprint density at radius 3 is 2.54 bits per heavy atom. The molecule has 0 atom stereocenters. The number of aliphatic carboxylic acids is 1. The Bertz CT molecular complexity index is 861. The maximum absolute atomic E-state index is 13.2. The predicted octanol–water partition coefficient (Wildman–Crippen LogP) is 0.704. The summed E-state index contributed by atoms with van der Waals surface area (Å²) in [5.74, 6) is -1.36. The molecule has 0 fully saturated rings. The van der Waals surface area contributed by atoms with E-state index in [-0.39, 0.29) is 41.8 Å². The third kappa shape index (κ3) is 4.19. The molecule has 3 rings (SSSR count). The molecule has 0 saturated carbocycles. The van der Waals surface area contributed by atoms with Gasteiger partial charge in [0.05, 0.1) is 0 Å². The van der Waals surface area contributed by atoms with Gasteiger partial charge in [-0.15, -0.1) is 0 Å². The Morgan fingerprint density at radius 1 is 1.17 bits per heavy atom. The monoisotopic (exact) mass is 353 g/mol. The van der Waals surface area contributed by atoms with Crippen LogP contribution in [0.3, 0.4) is 0 Å². The molecule has 1 aromatic heterocycles. The molecule has 0 aliphatic carbocycles. The van der Waals surface area contributed by atoms with Crippen molar-refractivity contribution in [3.05, 3.63) is 58.9 Å². The number of halogens is 2. The summed E-state index contributed by atoms with van der Waals surface area (Å²) in [7, 11) is 0. The van der Waals surface area contributed by atoms with Crippen LogP contribution in [0.25, 0.3) is 22.2 Å². The Balaban J connectivity index is 0.00000208. The van der Waals surface area contributed by atoms with Crippen LogP contribution < -0.4 is 34.7 Å². The summed E-state index contributed by atoms with van der Waals surface area (Å²) in [5, 5.41) is 12.2. The molecule has 0 amide bonds. The van der Waals surface area contributed by atoms with Gasteiger partial charge < -0.3 is 14.9 Å². The summed E-state index contributed by atoms with van der Waals surface area (Å²) < 4.78 is 13.2. The average molecular weight is 354 g/mol. The van der Waals surface area contributed by atoms with Gasteiger partial charge in [0, 0.05) is 27.6 Å². The van der Waals surface area contributed by atoms with Crippen molar-refractivity contribution in [3.8, 4) is 11.3 Å². The molecule has 0 bridgehead atoms. The van der Waals surface area contributed by atoms with Crippen molar-refractivity contribution in [2.75, 3.05) is 0 Å². The number of H-pyrrole nitrogens is 1. The van der Waals surface area contributed by atoms with Gasteiger partial charge in [-0.25, -0.2) is 4.39 Å². The van der Waals surface area contributed by atoms with Crippen LogP contribution in [-0.4, -0.2) is 11.0 Å². The number of benzene rings is 2. The Labute approximate surface area is 166 Å². The van der Waals surface area contributed by atoms with E-state index < -0.39 is 5.97 Å². The van der Waals surface area contributed by atoms with Crippen molar-refractivity contribution in [3.63, 3.8) is 0 Å². The maximum Gasteiger partial charge on any atom is 1.00 e. The van der Waals surface area contributed by atoms with Gasteiger partial charge in [-0.1, -0.05) is 11.6 Å². The molecule has 1 N–H and O–H groups in total. The summed E-state index contributed by atoms with van der Waals surface area (Å²) in [4.78, 5) is 14.0. The molecule has 24 heavy (non-hydrogen) atoms. The van der Waals surface area contributed by atoms with Crippen molar-refractivity contribution < 1.29 is 43.8 Å². The Morgan fingerprint density at radius 2 is 1.88 bits per heavy atom. The van der Waals surface area contributed by atoms with E-state index in [2.05, 4.69) is 4.98 Å². The zero-order valence-electron chi connectivity index (χ0n) is 13.2. The summed E-state index contributed by atoms with van der Waals surface area (Å²) >= 11 is 6.08. The van der Waals surface area contributed by atoms with Gasteiger partial charge >= 0.3 is 29.6 Å². The van der Waals surface area contributed by atoms with Gasteiger partial charge in [0.2, 0.25) is 0 Å². The van der Waals surface area contributed by atoms with E-state index in [4.69, 9.17) is 11.6 Å². The van der Waals surface area contributed by atoms with E-state index in [0.717, 1.165) is 27.7 Å². The van der Waals surface area contributed by atoms with E-state index >= 15 is 0 Å². The minimum Gasteiger partial charge on any atom is -0.550 e. The number of nitrogens with one attached hydrogen (secondary N) is 1. The fourth-order valence-corrected chi connectivity index (χ4v) is 2.92. The first kappa shape index (κ1) is 19.0. The molecule has 1 heterocycles. The largest absolute Gasteiger partial charge is 1.00 e. The predicted molar refractivity (Wildman–Crippen MR) is 86.6 cm³/mol. The molecule has 3 aromatic rings. The summed E-state index contributed by atoms with van der Waals surface area (Å²) in [6.07, 6.45) is 1.03. The quantitative estimate of drug-likeness (QED) is 0.687. The van der Waals surface area contributed by atoms with E-state index in [9.17, 15) is 14.3 Å². The van der Waals surface area contributed by atoms with E-state index in [0.29, 0.717) is 17.9 Å². The molecule has 0 aliphatic rings. The molecule has 0 radical (unpaired) electrons. The number of rotatable bonds is 5. The average Bonchev–Trinajstić information content (AvgIpc) is 2.86. The van der Waals surface area contributed by atoms with Gasteiger partial charge in [-0.3, -0.25) is 0 Å². The molecule has 0 unspecified atom stereocenters. The third-order valence-electron chi connectivity index (χ3n) is 3.81. The summed E-state index contributed by atoms with van der Waals surface area (Å²) in [6, 6.07) is 11.7. The third-order valence-corrected chi connectivity index (χ3v) is 4.04. The summed E-state index contributed by atoms with van der Waals surface area (Å²) in [6.45, 7) is 0. The molecule has 2 aromatic carbocycles. The number of carbonyl (C=O) groups excluding carboxylic acids is 1. The van der Waals surface area contributed by atoms with Crippen molar-refractivity contribution in [1.29, 1.82) is 0 Å². The van der Waals surface area contributed by atoms with Crippen molar-refractivity contribution >= 4 is 28.5 Å². The maximum atomic E-state index is 13.2. The standard InChI is InChI=1S/C18H15ClFNO2.Na/c19-12-6-9-16-15(10-12)14(2-1-3-17(22)23)18(21-16)11-4-7-13(20)8-5-11;/h4-10,21H,1-3H2,(H,22,23);/q;+1/p-1. The van der Waals surface area contributed by atoms with Crippen LogP contribution in [0.5, 0.6) is 0 Å². The van der Waals surface area contributed by atoms with E-state index in [1.54, 1.807) is 18.2 Å². The Hall–Kier alpha value is -1.33. The molecule has 6 heteroatoms. The van der Waals surface area contributed by atoms with E-state index in [1.807, 2.05) is 12.1 Å². The van der Waals surface area contributed by atoms with Crippen LogP contribution in [0.4, 0.5) is 4.39 Å². The number of hydrogen-bond donors (Lipinski definition) is 1. The van der Waals surface area contributed by atoms with Crippen LogP contribution in [0.2, 0.25) is 5.02 Å². The smallest absolute Gasteiger partial charge is 0.550 e. The van der Waals surface area contributed by atoms with Crippen LogP contribution >= 0.6 is 11.6 Å². The molecule has 0 aliphatic heterocycles. The normalized spacial score (nSPS) is 10.6. The second kappa shape index (κ2) is 8.17. The van der Waals surface area contributed by atoms with Crippen molar-refractivity contribution in [1.82, 2.24) is 4.98 Å². The molecule has 0 saturated heterocycles. The SMILES string of the molecule is O=C([O-])CCCc1c(-c2ccc(F)cc2)[nH]c2ccc(Cl)cc12.[Na+]. The van der Waals surface area contributed by atoms with Gasteiger partial charge in [0.15, 0.2) is 0 Å². The second-order valence-corrected chi connectivity index (χ2v) is 5.84. The van der Waals surface area contributed by atoms with Gasteiger partial charge in [0.1, 0.15) is 5.82 Å². The Kier molecular flexibility index (Phi) is 6.47. The first-order chi connectivity index (χ1) is 11.0. The van der Waals surface area contributed by atoms with E-state index in [1.165, 1.54) is 12.1 Å². The minimum atomic E-state index is -1.06. The second-order valence-electron chi connectivity index (χ2n) is 5.40. The first-order valence-corrected chi connectivity index (χ1v) is 7.68. The van der Waals surface area contributed by atoms with Crippen LogP contribution in [0.1, 0.15) is 18.4 Å². The number of fused-ring (bicyclic) bond motifs is 1. The number of carboxylic acids is 1. The molecule has 0 spiro atoms. The molecular weight excluding hydrogens is 340 g/mol. The van der Waals surface area contributed by atoms with Crippen LogP contribution in [0.15, 0.2) is 42.5 Å². The van der Waals surface area contributed by atoms with Gasteiger partial charge in [-0.2, -0.15) is 0 Å². The number of aromatic amines is 1. The zero-order valence-corrected chi connectivity index (χ0v) is 16.0. The fraction of sp³-hybridized carbons (Fsp3) is 0.167. The van der Waals surface area contributed by atoms with Crippen LogP contribution in [-0.2, 0) is 11.2 Å². The number of hydrogen-bond acceptors (Lipinski definition) is 2. The van der Waals surface area contributed by atoms with Gasteiger partial charge in [-0.05, 0) is 72.9 Å². The molecular formula is C18H14ClFNNaO2.